The Morgan fingerprint density at radius 3 is 2.43 bits per heavy atom. The molecule has 1 unspecified atom stereocenters. The summed E-state index contributed by atoms with van der Waals surface area (Å²) in [6.07, 6.45) is 0. The lowest BCUT2D eigenvalue weighted by atomic mass is 9.92. The largest absolute Gasteiger partial charge is 0.481 e. The molecule has 0 bridgehead atoms. The van der Waals surface area contributed by atoms with Crippen LogP contribution in [0.25, 0.3) is 0 Å². The molecule has 0 spiro atoms. The Hall–Kier alpha value is -1.32. The second-order valence-electron chi connectivity index (χ2n) is 3.89. The predicted octanol–water partition coefficient (Wildman–Crippen LogP) is 1.55. The molecule has 78 valence electrons. The molecule has 1 atom stereocenters. The first-order chi connectivity index (χ1) is 6.43. The zero-order chi connectivity index (χ0) is 10.9. The minimum atomic E-state index is -0.789. The lowest BCUT2D eigenvalue weighted by Gasteiger charge is -2.15. The Labute approximate surface area is 83.5 Å². The van der Waals surface area contributed by atoms with Gasteiger partial charge in [-0.3, -0.25) is 9.48 Å². The Bertz CT molecular complexity index is 342. The van der Waals surface area contributed by atoms with Gasteiger partial charge in [0.2, 0.25) is 0 Å². The SMILES string of the molecule is Cc1cc(C(C(=O)O)C(C)C)n(C)n1. The molecule has 4 heteroatoms. The van der Waals surface area contributed by atoms with Gasteiger partial charge in [-0.05, 0) is 18.9 Å². The van der Waals surface area contributed by atoms with Gasteiger partial charge < -0.3 is 5.11 Å². The van der Waals surface area contributed by atoms with E-state index >= 15 is 0 Å². The monoisotopic (exact) mass is 196 g/mol. The quantitative estimate of drug-likeness (QED) is 0.798. The first-order valence-corrected chi connectivity index (χ1v) is 4.66. The van der Waals surface area contributed by atoms with Crippen molar-refractivity contribution in [3.63, 3.8) is 0 Å². The highest BCUT2D eigenvalue weighted by Crippen LogP contribution is 2.24. The average molecular weight is 196 g/mol. The average Bonchev–Trinajstić information content (AvgIpc) is 2.29. The van der Waals surface area contributed by atoms with E-state index in [0.29, 0.717) is 0 Å². The number of aryl methyl sites for hydroxylation is 2. The highest BCUT2D eigenvalue weighted by Gasteiger charge is 2.26. The van der Waals surface area contributed by atoms with Crippen molar-refractivity contribution in [1.29, 1.82) is 0 Å². The standard InChI is InChI=1S/C10H16N2O2/c1-6(2)9(10(13)14)8-5-7(3)11-12(8)4/h5-6,9H,1-4H3,(H,13,14). The van der Waals surface area contributed by atoms with Crippen LogP contribution in [-0.4, -0.2) is 20.9 Å². The molecule has 0 saturated heterocycles. The van der Waals surface area contributed by atoms with Crippen LogP contribution >= 0.6 is 0 Å². The maximum absolute atomic E-state index is 11.1. The summed E-state index contributed by atoms with van der Waals surface area (Å²) < 4.78 is 1.65. The van der Waals surface area contributed by atoms with Crippen LogP contribution in [0.3, 0.4) is 0 Å². The highest BCUT2D eigenvalue weighted by molar-refractivity contribution is 5.75. The maximum atomic E-state index is 11.1. The van der Waals surface area contributed by atoms with Crippen molar-refractivity contribution < 1.29 is 9.90 Å². The first kappa shape index (κ1) is 10.8. The number of carboxylic acids is 1. The van der Waals surface area contributed by atoms with E-state index in [1.807, 2.05) is 26.8 Å². The minimum absolute atomic E-state index is 0.0716. The highest BCUT2D eigenvalue weighted by atomic mass is 16.4. The van der Waals surface area contributed by atoms with Gasteiger partial charge in [0.1, 0.15) is 5.92 Å². The van der Waals surface area contributed by atoms with E-state index in [1.165, 1.54) is 0 Å². The van der Waals surface area contributed by atoms with Crippen LogP contribution in [0.15, 0.2) is 6.07 Å². The number of carbonyl (C=O) groups is 1. The van der Waals surface area contributed by atoms with Crippen molar-refractivity contribution >= 4 is 5.97 Å². The molecular weight excluding hydrogens is 180 g/mol. The van der Waals surface area contributed by atoms with Crippen LogP contribution in [0.1, 0.15) is 31.2 Å². The molecule has 0 fully saturated rings. The van der Waals surface area contributed by atoms with E-state index in [2.05, 4.69) is 5.10 Å². The van der Waals surface area contributed by atoms with E-state index in [4.69, 9.17) is 5.11 Å². The van der Waals surface area contributed by atoms with Gasteiger partial charge in [-0.2, -0.15) is 5.10 Å². The van der Waals surface area contributed by atoms with E-state index in [1.54, 1.807) is 11.7 Å². The van der Waals surface area contributed by atoms with E-state index in [0.717, 1.165) is 11.4 Å². The van der Waals surface area contributed by atoms with Crippen LogP contribution in [-0.2, 0) is 11.8 Å². The van der Waals surface area contributed by atoms with Crippen LogP contribution < -0.4 is 0 Å². The number of nitrogens with zero attached hydrogens (tertiary/aromatic N) is 2. The maximum Gasteiger partial charge on any atom is 0.312 e. The molecule has 0 aliphatic carbocycles. The lowest BCUT2D eigenvalue weighted by molar-refractivity contribution is -0.140. The molecule has 14 heavy (non-hydrogen) atoms. The number of hydrogen-bond acceptors (Lipinski definition) is 2. The molecule has 0 aliphatic heterocycles. The normalized spacial score (nSPS) is 13.2. The summed E-state index contributed by atoms with van der Waals surface area (Å²) in [5.74, 6) is -1.19. The van der Waals surface area contributed by atoms with E-state index in [9.17, 15) is 4.79 Å². The molecule has 0 aliphatic rings. The van der Waals surface area contributed by atoms with Gasteiger partial charge in [0.25, 0.3) is 0 Å². The third-order valence-corrected chi connectivity index (χ3v) is 2.29. The fourth-order valence-electron chi connectivity index (χ4n) is 1.67. The topological polar surface area (TPSA) is 55.1 Å². The van der Waals surface area contributed by atoms with Crippen molar-refractivity contribution in [2.24, 2.45) is 13.0 Å². The molecule has 1 rings (SSSR count). The zero-order valence-electron chi connectivity index (χ0n) is 8.98. The van der Waals surface area contributed by atoms with Crippen molar-refractivity contribution in [3.8, 4) is 0 Å². The van der Waals surface area contributed by atoms with Gasteiger partial charge in [-0.25, -0.2) is 0 Å². The summed E-state index contributed by atoms with van der Waals surface area (Å²) in [7, 11) is 1.78. The summed E-state index contributed by atoms with van der Waals surface area (Å²) in [5.41, 5.74) is 1.62. The first-order valence-electron chi connectivity index (χ1n) is 4.66. The Balaban J connectivity index is 3.11. The van der Waals surface area contributed by atoms with Crippen LogP contribution in [0, 0.1) is 12.8 Å². The second-order valence-corrected chi connectivity index (χ2v) is 3.89. The van der Waals surface area contributed by atoms with Gasteiger partial charge in [-0.15, -0.1) is 0 Å². The summed E-state index contributed by atoms with van der Waals surface area (Å²) in [6, 6.07) is 1.83. The van der Waals surface area contributed by atoms with E-state index in [-0.39, 0.29) is 5.92 Å². The Kier molecular flexibility index (Phi) is 2.93. The van der Waals surface area contributed by atoms with Crippen molar-refractivity contribution in [2.75, 3.05) is 0 Å². The molecule has 0 saturated carbocycles. The van der Waals surface area contributed by atoms with Gasteiger partial charge >= 0.3 is 5.97 Å². The number of aliphatic carboxylic acids is 1. The number of rotatable bonds is 3. The number of hydrogen-bond donors (Lipinski definition) is 1. The Morgan fingerprint density at radius 2 is 2.14 bits per heavy atom. The van der Waals surface area contributed by atoms with Crippen LogP contribution in [0.4, 0.5) is 0 Å². The molecule has 4 nitrogen and oxygen atoms in total. The molecule has 1 aromatic rings. The van der Waals surface area contributed by atoms with Crippen molar-refractivity contribution in [1.82, 2.24) is 9.78 Å². The summed E-state index contributed by atoms with van der Waals surface area (Å²) in [5, 5.41) is 13.2. The smallest absolute Gasteiger partial charge is 0.312 e. The molecule has 0 radical (unpaired) electrons. The lowest BCUT2D eigenvalue weighted by Crippen LogP contribution is -2.20. The summed E-state index contributed by atoms with van der Waals surface area (Å²) in [6.45, 7) is 5.67. The fourth-order valence-corrected chi connectivity index (χ4v) is 1.67. The summed E-state index contributed by atoms with van der Waals surface area (Å²) in [4.78, 5) is 11.1. The molecule has 1 heterocycles. The van der Waals surface area contributed by atoms with Crippen molar-refractivity contribution in [2.45, 2.75) is 26.7 Å². The van der Waals surface area contributed by atoms with Gasteiger partial charge in [0.05, 0.1) is 11.4 Å². The molecule has 0 aromatic carbocycles. The van der Waals surface area contributed by atoms with E-state index < -0.39 is 11.9 Å². The minimum Gasteiger partial charge on any atom is -0.481 e. The van der Waals surface area contributed by atoms with Gasteiger partial charge in [0, 0.05) is 7.05 Å². The Morgan fingerprint density at radius 1 is 1.57 bits per heavy atom. The molecular formula is C10H16N2O2. The fraction of sp³-hybridized carbons (Fsp3) is 0.600. The third kappa shape index (κ3) is 1.95. The molecule has 1 aromatic heterocycles. The van der Waals surface area contributed by atoms with Crippen LogP contribution in [0.2, 0.25) is 0 Å². The number of carboxylic acid groups (broad SMARTS) is 1. The zero-order valence-corrected chi connectivity index (χ0v) is 8.98. The number of aromatic nitrogens is 2. The predicted molar refractivity (Wildman–Crippen MR) is 53.2 cm³/mol. The van der Waals surface area contributed by atoms with Gasteiger partial charge in [0.15, 0.2) is 0 Å². The molecule has 0 amide bonds. The third-order valence-electron chi connectivity index (χ3n) is 2.29. The molecule has 1 N–H and O–H groups in total. The van der Waals surface area contributed by atoms with Gasteiger partial charge in [-0.1, -0.05) is 13.8 Å². The van der Waals surface area contributed by atoms with Crippen molar-refractivity contribution in [3.05, 3.63) is 17.5 Å². The second kappa shape index (κ2) is 3.82. The summed E-state index contributed by atoms with van der Waals surface area (Å²) >= 11 is 0. The van der Waals surface area contributed by atoms with Crippen LogP contribution in [0.5, 0.6) is 0 Å².